The third kappa shape index (κ3) is 5.21. The fraction of sp³-hybridized carbons (Fsp3) is 0.444. The Balaban J connectivity index is 1.62. The minimum absolute atomic E-state index is 0.00458. The van der Waals surface area contributed by atoms with Gasteiger partial charge < -0.3 is 15.1 Å². The van der Waals surface area contributed by atoms with Crippen LogP contribution in [0.3, 0.4) is 0 Å². The Morgan fingerprint density at radius 2 is 1.81 bits per heavy atom. The summed E-state index contributed by atoms with van der Waals surface area (Å²) in [6.45, 7) is 4.46. The molecule has 2 aliphatic rings. The highest BCUT2D eigenvalue weighted by molar-refractivity contribution is 5.91. The van der Waals surface area contributed by atoms with Crippen LogP contribution in [0.2, 0.25) is 0 Å². The number of piperazine rings is 1. The van der Waals surface area contributed by atoms with Crippen molar-refractivity contribution in [3.63, 3.8) is 0 Å². The number of unbranched alkanes of at least 4 members (excludes halogenated alkanes) is 1. The van der Waals surface area contributed by atoms with E-state index in [1.807, 2.05) is 37.3 Å². The van der Waals surface area contributed by atoms with Crippen molar-refractivity contribution in [3.05, 3.63) is 71.5 Å². The van der Waals surface area contributed by atoms with Gasteiger partial charge in [0.2, 0.25) is 11.8 Å². The number of carbonyl (C=O) groups is 3. The molecule has 8 nitrogen and oxygen atoms in total. The number of halogens is 1. The molecule has 2 aliphatic heterocycles. The fourth-order valence-electron chi connectivity index (χ4n) is 5.06. The Bertz CT molecular complexity index is 1080. The van der Waals surface area contributed by atoms with E-state index >= 15 is 0 Å². The molecule has 3 atom stereocenters. The quantitative estimate of drug-likeness (QED) is 0.638. The molecule has 2 aromatic carbocycles. The van der Waals surface area contributed by atoms with Crippen molar-refractivity contribution in [1.82, 2.24) is 25.1 Å². The monoisotopic (exact) mass is 495 g/mol. The average Bonchev–Trinajstić information content (AvgIpc) is 2.87. The summed E-state index contributed by atoms with van der Waals surface area (Å²) in [6.07, 6.45) is 1.61. The second-order valence-corrected chi connectivity index (χ2v) is 9.46. The first-order chi connectivity index (χ1) is 17.3. The molecule has 9 heteroatoms. The molecule has 0 bridgehead atoms. The molecule has 0 unspecified atom stereocenters. The zero-order valence-electron chi connectivity index (χ0n) is 21.1. The van der Waals surface area contributed by atoms with E-state index in [1.54, 1.807) is 39.0 Å². The first kappa shape index (κ1) is 25.6. The van der Waals surface area contributed by atoms with Crippen LogP contribution in [-0.4, -0.2) is 70.0 Å². The lowest BCUT2D eigenvalue weighted by atomic mass is 9.98. The average molecular weight is 496 g/mol. The zero-order valence-corrected chi connectivity index (χ0v) is 21.1. The van der Waals surface area contributed by atoms with Crippen molar-refractivity contribution in [1.29, 1.82) is 0 Å². The molecular formula is C27H34FN5O3. The highest BCUT2D eigenvalue weighted by Gasteiger charge is 2.51. The van der Waals surface area contributed by atoms with Gasteiger partial charge >= 0.3 is 6.03 Å². The molecular weight excluding hydrogens is 461 g/mol. The van der Waals surface area contributed by atoms with E-state index in [4.69, 9.17) is 0 Å². The fourth-order valence-corrected chi connectivity index (χ4v) is 5.06. The van der Waals surface area contributed by atoms with Gasteiger partial charge in [-0.1, -0.05) is 62.2 Å². The van der Waals surface area contributed by atoms with Gasteiger partial charge in [0.15, 0.2) is 0 Å². The maximum absolute atomic E-state index is 13.7. The van der Waals surface area contributed by atoms with Crippen molar-refractivity contribution in [2.45, 2.75) is 57.9 Å². The molecule has 2 heterocycles. The summed E-state index contributed by atoms with van der Waals surface area (Å²) in [5.74, 6) is -0.584. The number of hydrogen-bond acceptors (Lipinski definition) is 4. The Kier molecular flexibility index (Phi) is 7.88. The van der Waals surface area contributed by atoms with E-state index in [9.17, 15) is 18.8 Å². The largest absolute Gasteiger partial charge is 0.334 e. The van der Waals surface area contributed by atoms with Crippen LogP contribution >= 0.6 is 0 Å². The summed E-state index contributed by atoms with van der Waals surface area (Å²) in [5, 5.41) is 6.05. The summed E-state index contributed by atoms with van der Waals surface area (Å²) in [5.41, 5.74) is 1.76. The summed E-state index contributed by atoms with van der Waals surface area (Å²) in [6, 6.07) is 14.5. The highest BCUT2D eigenvalue weighted by atomic mass is 19.1. The van der Waals surface area contributed by atoms with Crippen molar-refractivity contribution >= 4 is 17.8 Å². The van der Waals surface area contributed by atoms with Gasteiger partial charge in [0.25, 0.3) is 0 Å². The second kappa shape index (κ2) is 11.1. The lowest BCUT2D eigenvalue weighted by molar-refractivity contribution is -0.189. The topological polar surface area (TPSA) is 76.2 Å². The van der Waals surface area contributed by atoms with Crippen molar-refractivity contribution in [3.8, 4) is 0 Å². The van der Waals surface area contributed by atoms with Crippen LogP contribution in [0.15, 0.2) is 54.6 Å². The van der Waals surface area contributed by atoms with Crippen LogP contribution in [0.25, 0.3) is 0 Å². The number of hydrazine groups is 1. The third-order valence-electron chi connectivity index (χ3n) is 7.03. The molecule has 1 N–H and O–H groups in total. The molecule has 2 aromatic rings. The van der Waals surface area contributed by atoms with Gasteiger partial charge in [0.1, 0.15) is 18.0 Å². The van der Waals surface area contributed by atoms with Gasteiger partial charge in [-0.25, -0.2) is 19.2 Å². The Morgan fingerprint density at radius 1 is 1.11 bits per heavy atom. The number of nitrogens with one attached hydrogen (secondary N) is 1. The minimum Gasteiger partial charge on any atom is -0.333 e. The highest BCUT2D eigenvalue weighted by Crippen LogP contribution is 2.32. The lowest BCUT2D eigenvalue weighted by Crippen LogP contribution is -2.76. The molecule has 36 heavy (non-hydrogen) atoms. The van der Waals surface area contributed by atoms with Gasteiger partial charge in [-0.3, -0.25) is 9.59 Å². The van der Waals surface area contributed by atoms with Gasteiger partial charge in [-0.2, -0.15) is 0 Å². The first-order valence-electron chi connectivity index (χ1n) is 12.5. The van der Waals surface area contributed by atoms with Crippen LogP contribution in [0, 0.1) is 5.82 Å². The van der Waals surface area contributed by atoms with Crippen LogP contribution in [-0.2, 0) is 16.1 Å². The first-order valence-corrected chi connectivity index (χ1v) is 12.5. The third-order valence-corrected chi connectivity index (χ3v) is 7.03. The molecule has 0 spiro atoms. The molecule has 192 valence electrons. The van der Waals surface area contributed by atoms with E-state index in [2.05, 4.69) is 12.2 Å². The maximum Gasteiger partial charge on any atom is 0.334 e. The van der Waals surface area contributed by atoms with Crippen molar-refractivity contribution in [2.75, 3.05) is 20.1 Å². The van der Waals surface area contributed by atoms with E-state index in [0.717, 1.165) is 24.0 Å². The molecule has 0 aromatic heterocycles. The molecule has 0 saturated carbocycles. The molecule has 4 rings (SSSR count). The Hall–Kier alpha value is -3.46. The van der Waals surface area contributed by atoms with E-state index < -0.39 is 12.2 Å². The molecule has 0 radical (unpaired) electrons. The van der Waals surface area contributed by atoms with Crippen LogP contribution in [0.1, 0.15) is 50.3 Å². The number of likely N-dealkylation sites (N-methyl/N-ethyl adjacent to an activating group) is 1. The molecule has 2 fully saturated rings. The summed E-state index contributed by atoms with van der Waals surface area (Å²) in [7, 11) is 1.70. The number of fused-ring (bicyclic) bond motifs is 1. The van der Waals surface area contributed by atoms with E-state index in [-0.39, 0.29) is 49.3 Å². The number of nitrogens with zero attached hydrogens (tertiary/aromatic N) is 4. The lowest BCUT2D eigenvalue weighted by Gasteiger charge is -2.55. The summed E-state index contributed by atoms with van der Waals surface area (Å²) >= 11 is 0. The van der Waals surface area contributed by atoms with Crippen molar-refractivity contribution in [2.24, 2.45) is 0 Å². The molecule has 4 amide bonds. The predicted octanol–water partition coefficient (Wildman–Crippen LogP) is 3.51. The van der Waals surface area contributed by atoms with Gasteiger partial charge in [0.05, 0.1) is 19.1 Å². The number of rotatable bonds is 7. The Labute approximate surface area is 211 Å². The Morgan fingerprint density at radius 3 is 2.47 bits per heavy atom. The van der Waals surface area contributed by atoms with Gasteiger partial charge in [-0.05, 0) is 36.6 Å². The van der Waals surface area contributed by atoms with Gasteiger partial charge in [-0.15, -0.1) is 0 Å². The number of amides is 4. The zero-order chi connectivity index (χ0) is 25.8. The van der Waals surface area contributed by atoms with Gasteiger partial charge in [0, 0.05) is 13.6 Å². The summed E-state index contributed by atoms with van der Waals surface area (Å²) < 4.78 is 13.3. The minimum atomic E-state index is -0.629. The van der Waals surface area contributed by atoms with Crippen LogP contribution in [0.5, 0.6) is 0 Å². The normalized spacial score (nSPS) is 21.4. The molecule has 2 saturated heterocycles. The SMILES string of the molecule is CCCC[C@H]1C(=O)N([C@@H](C)c2ccccc2)C[C@H]2N1C(=O)CN(C)N2C(=O)NCc1ccc(F)cc1. The van der Waals surface area contributed by atoms with E-state index in [1.165, 1.54) is 12.1 Å². The van der Waals surface area contributed by atoms with Crippen LogP contribution < -0.4 is 5.32 Å². The standard InChI is InChI=1S/C27H34FN5O3/c1-4-5-11-23-26(35)31(19(2)21-9-7-6-8-10-21)17-24-32(23)25(34)18-30(3)33(24)27(36)29-16-20-12-14-22(28)15-13-20/h6-10,12-15,19,23-24H,4-5,11,16-18H2,1-3H3,(H,29,36)/t19-,23-,24-/m0/s1. The number of hydrogen-bond donors (Lipinski definition) is 1. The second-order valence-electron chi connectivity index (χ2n) is 9.46. The summed E-state index contributed by atoms with van der Waals surface area (Å²) in [4.78, 5) is 43.7. The maximum atomic E-state index is 13.7. The van der Waals surface area contributed by atoms with Crippen molar-refractivity contribution < 1.29 is 18.8 Å². The number of carbonyl (C=O) groups excluding carboxylic acids is 3. The molecule has 0 aliphatic carbocycles. The van der Waals surface area contributed by atoms with Crippen LogP contribution in [0.4, 0.5) is 9.18 Å². The van der Waals surface area contributed by atoms with E-state index in [0.29, 0.717) is 6.42 Å². The smallest absolute Gasteiger partial charge is 0.333 e. The number of urea groups is 1. The predicted molar refractivity (Wildman–Crippen MR) is 134 cm³/mol. The number of benzene rings is 2.